The highest BCUT2D eigenvalue weighted by Crippen LogP contribution is 2.44. The quantitative estimate of drug-likeness (QED) is 0.305. The number of hydrogen-bond donors (Lipinski definition) is 1. The smallest absolute Gasteiger partial charge is 0.408 e. The maximum Gasteiger partial charge on any atom is 0.408 e. The molecule has 4 aromatic rings. The molecule has 1 amide bonds. The molecule has 1 saturated carbocycles. The molecule has 2 aromatic heterocycles. The fourth-order valence-corrected chi connectivity index (χ4v) is 5.52. The second-order valence-electron chi connectivity index (χ2n) is 11.5. The molecule has 7 heteroatoms. The molecular formula is C32H35N3O4. The summed E-state index contributed by atoms with van der Waals surface area (Å²) in [5.74, 6) is 0.789. The van der Waals surface area contributed by atoms with E-state index in [0.29, 0.717) is 5.71 Å². The van der Waals surface area contributed by atoms with Crippen LogP contribution in [0.5, 0.6) is 0 Å². The molecule has 1 saturated heterocycles. The fourth-order valence-electron chi connectivity index (χ4n) is 5.52. The Morgan fingerprint density at radius 1 is 1.00 bits per heavy atom. The standard InChI is InChI=1S/C32H35N3O4/c1-31(2,3)39-30(36)34-32(14-7-15-32)24-12-10-23(11-13-24)28-27(22-8-5-4-6-9-22)26-20-25(21-33-29(26)38-28)35-16-18-37-19-17-35/h4-6,8-13,20-21H,7,14-19H2,1-3H3,(H,34,36). The fraction of sp³-hybridized carbons (Fsp3) is 0.375. The normalized spacial score (nSPS) is 17.1. The maximum absolute atomic E-state index is 12.6. The van der Waals surface area contributed by atoms with Crippen molar-refractivity contribution in [3.05, 3.63) is 72.4 Å². The zero-order chi connectivity index (χ0) is 27.0. The number of anilines is 1. The molecule has 2 aliphatic rings. The first-order valence-electron chi connectivity index (χ1n) is 13.7. The molecule has 7 nitrogen and oxygen atoms in total. The average molecular weight is 526 g/mol. The van der Waals surface area contributed by atoms with Gasteiger partial charge in [-0.3, -0.25) is 0 Å². The van der Waals surface area contributed by atoms with Gasteiger partial charge >= 0.3 is 6.09 Å². The molecule has 39 heavy (non-hydrogen) atoms. The van der Waals surface area contributed by atoms with E-state index in [4.69, 9.17) is 18.9 Å². The average Bonchev–Trinajstić information content (AvgIpc) is 3.30. The van der Waals surface area contributed by atoms with Gasteiger partial charge in [0, 0.05) is 24.2 Å². The minimum absolute atomic E-state index is 0.378. The number of nitrogens with one attached hydrogen (secondary N) is 1. The van der Waals surface area contributed by atoms with Gasteiger partial charge in [-0.05, 0) is 57.2 Å². The van der Waals surface area contributed by atoms with Crippen molar-refractivity contribution in [2.24, 2.45) is 0 Å². The molecular weight excluding hydrogens is 490 g/mol. The molecule has 0 bridgehead atoms. The van der Waals surface area contributed by atoms with Crippen LogP contribution in [-0.4, -0.2) is 43.0 Å². The molecule has 1 aliphatic carbocycles. The highest BCUT2D eigenvalue weighted by atomic mass is 16.6. The number of rotatable bonds is 5. The number of carbonyl (C=O) groups is 1. The first kappa shape index (κ1) is 25.4. The molecule has 0 spiro atoms. The lowest BCUT2D eigenvalue weighted by Gasteiger charge is -2.43. The van der Waals surface area contributed by atoms with Crippen LogP contribution < -0.4 is 10.2 Å². The lowest BCUT2D eigenvalue weighted by molar-refractivity contribution is 0.0377. The Morgan fingerprint density at radius 2 is 1.72 bits per heavy atom. The van der Waals surface area contributed by atoms with Crippen molar-refractivity contribution in [1.82, 2.24) is 10.3 Å². The van der Waals surface area contributed by atoms with Gasteiger partial charge in [-0.15, -0.1) is 0 Å². The summed E-state index contributed by atoms with van der Waals surface area (Å²) in [6, 6.07) is 20.9. The second kappa shape index (κ2) is 10.0. The molecule has 1 aliphatic heterocycles. The third kappa shape index (κ3) is 5.11. The van der Waals surface area contributed by atoms with Gasteiger partial charge in [-0.2, -0.15) is 0 Å². The number of ether oxygens (including phenoxy) is 2. The summed E-state index contributed by atoms with van der Waals surface area (Å²) in [7, 11) is 0. The number of amides is 1. The number of aromatic nitrogens is 1. The zero-order valence-corrected chi connectivity index (χ0v) is 22.8. The van der Waals surface area contributed by atoms with Crippen LogP contribution in [-0.2, 0) is 15.0 Å². The van der Waals surface area contributed by atoms with Gasteiger partial charge in [-0.25, -0.2) is 9.78 Å². The number of benzene rings is 2. The van der Waals surface area contributed by atoms with Gasteiger partial charge in [0.1, 0.15) is 11.4 Å². The van der Waals surface area contributed by atoms with Gasteiger partial charge in [-0.1, -0.05) is 54.6 Å². The summed E-state index contributed by atoms with van der Waals surface area (Å²) in [5, 5.41) is 4.14. The highest BCUT2D eigenvalue weighted by Gasteiger charge is 2.41. The van der Waals surface area contributed by atoms with E-state index in [1.807, 2.05) is 45.2 Å². The molecule has 0 unspecified atom stereocenters. The summed E-state index contributed by atoms with van der Waals surface area (Å²) < 4.78 is 17.5. The van der Waals surface area contributed by atoms with E-state index in [2.05, 4.69) is 52.7 Å². The molecule has 0 radical (unpaired) electrons. The number of fused-ring (bicyclic) bond motifs is 1. The van der Waals surface area contributed by atoms with Crippen molar-refractivity contribution >= 4 is 22.9 Å². The van der Waals surface area contributed by atoms with Crippen LogP contribution in [0.3, 0.4) is 0 Å². The molecule has 1 N–H and O–H groups in total. The van der Waals surface area contributed by atoms with Gasteiger partial charge in [0.05, 0.1) is 36.0 Å². The third-order valence-corrected chi connectivity index (χ3v) is 7.62. The van der Waals surface area contributed by atoms with Crippen molar-refractivity contribution in [1.29, 1.82) is 0 Å². The van der Waals surface area contributed by atoms with Crippen LogP contribution in [0, 0.1) is 0 Å². The molecule has 2 aromatic carbocycles. The summed E-state index contributed by atoms with van der Waals surface area (Å²) in [5.41, 5.74) is 4.92. The monoisotopic (exact) mass is 525 g/mol. The number of pyridine rings is 1. The predicted octanol–water partition coefficient (Wildman–Crippen LogP) is 6.90. The molecule has 2 fully saturated rings. The molecule has 0 atom stereocenters. The van der Waals surface area contributed by atoms with E-state index in [1.54, 1.807) is 0 Å². The zero-order valence-electron chi connectivity index (χ0n) is 22.8. The van der Waals surface area contributed by atoms with Crippen molar-refractivity contribution in [3.8, 4) is 22.5 Å². The van der Waals surface area contributed by atoms with E-state index in [-0.39, 0.29) is 6.09 Å². The first-order valence-corrected chi connectivity index (χ1v) is 13.7. The lowest BCUT2D eigenvalue weighted by Crippen LogP contribution is -2.52. The van der Waals surface area contributed by atoms with Crippen LogP contribution in [0.25, 0.3) is 33.6 Å². The Bertz CT molecular complexity index is 1460. The van der Waals surface area contributed by atoms with Crippen molar-refractivity contribution in [2.75, 3.05) is 31.2 Å². The summed E-state index contributed by atoms with van der Waals surface area (Å²) >= 11 is 0. The van der Waals surface area contributed by atoms with Crippen LogP contribution in [0.15, 0.2) is 71.3 Å². The predicted molar refractivity (Wildman–Crippen MR) is 153 cm³/mol. The van der Waals surface area contributed by atoms with E-state index in [9.17, 15) is 4.79 Å². The SMILES string of the molecule is CC(C)(C)OC(=O)NC1(c2ccc(-c3oc4ncc(N5CCOCC5)cc4c3-c3ccccc3)cc2)CCC1. The van der Waals surface area contributed by atoms with E-state index >= 15 is 0 Å². The number of hydrogen-bond acceptors (Lipinski definition) is 6. The molecule has 3 heterocycles. The highest BCUT2D eigenvalue weighted by molar-refractivity contribution is 6.01. The number of morpholine rings is 1. The van der Waals surface area contributed by atoms with E-state index < -0.39 is 11.1 Å². The minimum atomic E-state index is -0.538. The Balaban J connectivity index is 1.37. The Kier molecular flexibility index (Phi) is 6.55. The molecule has 202 valence electrons. The number of furan rings is 1. The van der Waals surface area contributed by atoms with Crippen LogP contribution in [0.4, 0.5) is 10.5 Å². The van der Waals surface area contributed by atoms with Crippen molar-refractivity contribution in [2.45, 2.75) is 51.2 Å². The number of carbonyl (C=O) groups excluding carboxylic acids is 1. The summed E-state index contributed by atoms with van der Waals surface area (Å²) in [4.78, 5) is 19.6. The van der Waals surface area contributed by atoms with Gasteiger partial charge in [0.15, 0.2) is 0 Å². The Hall–Kier alpha value is -3.84. The van der Waals surface area contributed by atoms with Crippen LogP contribution in [0.1, 0.15) is 45.6 Å². The minimum Gasteiger partial charge on any atom is -0.444 e. The van der Waals surface area contributed by atoms with Crippen LogP contribution >= 0.6 is 0 Å². The lowest BCUT2D eigenvalue weighted by atomic mass is 9.71. The first-order chi connectivity index (χ1) is 18.8. The molecule has 6 rings (SSSR count). The van der Waals surface area contributed by atoms with Gasteiger partial charge in [0.2, 0.25) is 5.71 Å². The van der Waals surface area contributed by atoms with Crippen molar-refractivity contribution in [3.63, 3.8) is 0 Å². The van der Waals surface area contributed by atoms with Crippen LogP contribution in [0.2, 0.25) is 0 Å². The maximum atomic E-state index is 12.6. The summed E-state index contributed by atoms with van der Waals surface area (Å²) in [6.45, 7) is 8.77. The largest absolute Gasteiger partial charge is 0.444 e. The van der Waals surface area contributed by atoms with Crippen molar-refractivity contribution < 1.29 is 18.7 Å². The Morgan fingerprint density at radius 3 is 2.36 bits per heavy atom. The van der Waals surface area contributed by atoms with E-state index in [0.717, 1.165) is 84.7 Å². The number of alkyl carbamates (subject to hydrolysis) is 1. The van der Waals surface area contributed by atoms with E-state index in [1.165, 1.54) is 0 Å². The number of nitrogens with zero attached hydrogens (tertiary/aromatic N) is 2. The second-order valence-corrected chi connectivity index (χ2v) is 11.5. The van der Waals surface area contributed by atoms with Gasteiger partial charge < -0.3 is 24.1 Å². The summed E-state index contributed by atoms with van der Waals surface area (Å²) in [6.07, 6.45) is 4.36. The Labute approximate surface area is 229 Å². The topological polar surface area (TPSA) is 76.8 Å². The van der Waals surface area contributed by atoms with Gasteiger partial charge in [0.25, 0.3) is 0 Å². The third-order valence-electron chi connectivity index (χ3n) is 7.62.